The van der Waals surface area contributed by atoms with Gasteiger partial charge in [-0.15, -0.1) is 11.3 Å². The fourth-order valence-electron chi connectivity index (χ4n) is 1.66. The molecule has 0 aliphatic rings. The molecule has 1 aromatic carbocycles. The molecule has 2 aromatic rings. The molecule has 20 heavy (non-hydrogen) atoms. The summed E-state index contributed by atoms with van der Waals surface area (Å²) in [5.74, 6) is 0. The van der Waals surface area contributed by atoms with E-state index in [1.165, 1.54) is 11.3 Å². The van der Waals surface area contributed by atoms with E-state index in [1.807, 2.05) is 30.3 Å². The summed E-state index contributed by atoms with van der Waals surface area (Å²) in [6, 6.07) is 11.0. The van der Waals surface area contributed by atoms with Gasteiger partial charge in [0.15, 0.2) is 0 Å². The summed E-state index contributed by atoms with van der Waals surface area (Å²) in [6.07, 6.45) is 0.699. The number of rotatable bonds is 6. The third kappa shape index (κ3) is 3.89. The zero-order valence-corrected chi connectivity index (χ0v) is 13.9. The van der Waals surface area contributed by atoms with Crippen molar-refractivity contribution in [3.8, 4) is 0 Å². The lowest BCUT2D eigenvalue weighted by molar-refractivity contribution is 0.583. The Hall–Kier alpha value is -0.730. The lowest BCUT2D eigenvalue weighted by Gasteiger charge is -2.06. The maximum Gasteiger partial charge on any atom is 0.250 e. The van der Waals surface area contributed by atoms with Crippen molar-refractivity contribution in [3.05, 3.63) is 51.3 Å². The van der Waals surface area contributed by atoms with Gasteiger partial charge in [0.1, 0.15) is 4.21 Å². The molecule has 7 heteroatoms. The Kier molecular flexibility index (Phi) is 5.34. The predicted octanol–water partition coefficient (Wildman–Crippen LogP) is 2.49. The molecule has 1 heterocycles. The number of nitrogens with two attached hydrogens (primary N) is 1. The predicted molar refractivity (Wildman–Crippen MR) is 85.2 cm³/mol. The zero-order chi connectivity index (χ0) is 14.6. The minimum Gasteiger partial charge on any atom is -0.330 e. The van der Waals surface area contributed by atoms with Gasteiger partial charge in [-0.1, -0.05) is 34.1 Å². The minimum absolute atomic E-state index is 0.258. The highest BCUT2D eigenvalue weighted by Gasteiger charge is 2.16. The Balaban J connectivity index is 2.09. The number of hydrogen-bond donors (Lipinski definition) is 2. The number of benzene rings is 1. The molecule has 0 radical (unpaired) electrons. The second-order valence-corrected chi connectivity index (χ2v) is 8.19. The number of halogens is 1. The third-order valence-corrected chi connectivity index (χ3v) is 6.51. The van der Waals surface area contributed by atoms with Gasteiger partial charge in [-0.2, -0.15) is 0 Å². The van der Waals surface area contributed by atoms with Crippen LogP contribution in [-0.4, -0.2) is 15.0 Å². The second kappa shape index (κ2) is 6.82. The van der Waals surface area contributed by atoms with Crippen LogP contribution in [0.25, 0.3) is 0 Å². The molecule has 0 fully saturated rings. The molecule has 0 atom stereocenters. The molecule has 2 rings (SSSR count). The lowest BCUT2D eigenvalue weighted by Crippen LogP contribution is -2.22. The highest BCUT2D eigenvalue weighted by atomic mass is 79.9. The Morgan fingerprint density at radius 2 is 1.95 bits per heavy atom. The van der Waals surface area contributed by atoms with E-state index in [1.54, 1.807) is 6.07 Å². The van der Waals surface area contributed by atoms with Gasteiger partial charge in [-0.25, -0.2) is 13.1 Å². The van der Waals surface area contributed by atoms with Crippen molar-refractivity contribution in [2.45, 2.75) is 17.2 Å². The molecule has 0 saturated carbocycles. The third-order valence-electron chi connectivity index (χ3n) is 2.70. The molecule has 108 valence electrons. The van der Waals surface area contributed by atoms with Gasteiger partial charge in [0, 0.05) is 15.9 Å². The van der Waals surface area contributed by atoms with E-state index in [2.05, 4.69) is 20.7 Å². The van der Waals surface area contributed by atoms with Crippen LogP contribution < -0.4 is 10.5 Å². The highest BCUT2D eigenvalue weighted by Crippen LogP contribution is 2.22. The molecule has 0 saturated heterocycles. The van der Waals surface area contributed by atoms with E-state index in [0.717, 1.165) is 14.9 Å². The fourth-order valence-corrected chi connectivity index (χ4v) is 4.51. The highest BCUT2D eigenvalue weighted by molar-refractivity contribution is 9.10. The van der Waals surface area contributed by atoms with Gasteiger partial charge in [0.25, 0.3) is 0 Å². The van der Waals surface area contributed by atoms with Crippen LogP contribution >= 0.6 is 27.3 Å². The smallest absolute Gasteiger partial charge is 0.250 e. The normalized spacial score (nSPS) is 11.7. The summed E-state index contributed by atoms with van der Waals surface area (Å²) < 4.78 is 28.2. The van der Waals surface area contributed by atoms with Crippen LogP contribution in [0.4, 0.5) is 0 Å². The first-order valence-corrected chi connectivity index (χ1v) is 9.14. The number of hydrogen-bond acceptors (Lipinski definition) is 4. The quantitative estimate of drug-likeness (QED) is 0.815. The van der Waals surface area contributed by atoms with Crippen LogP contribution in [0.2, 0.25) is 0 Å². The zero-order valence-electron chi connectivity index (χ0n) is 10.7. The summed E-state index contributed by atoms with van der Waals surface area (Å²) in [7, 11) is -3.47. The van der Waals surface area contributed by atoms with Crippen LogP contribution in [0.15, 0.2) is 45.1 Å². The van der Waals surface area contributed by atoms with Crippen molar-refractivity contribution in [3.63, 3.8) is 0 Å². The molecule has 3 N–H and O–H groups in total. The van der Waals surface area contributed by atoms with E-state index < -0.39 is 10.0 Å². The number of nitrogens with one attached hydrogen (secondary N) is 1. The van der Waals surface area contributed by atoms with E-state index in [-0.39, 0.29) is 6.54 Å². The van der Waals surface area contributed by atoms with Crippen molar-refractivity contribution in [1.29, 1.82) is 0 Å². The van der Waals surface area contributed by atoms with E-state index >= 15 is 0 Å². The first-order chi connectivity index (χ1) is 9.53. The standard InChI is InChI=1S/C13H15BrN2O2S2/c14-12-4-2-1-3-10(12)9-16-20(17,18)13-6-5-11(19-13)7-8-15/h1-6,16H,7-9,15H2. The fraction of sp³-hybridized carbons (Fsp3) is 0.231. The molecule has 0 spiro atoms. The maximum absolute atomic E-state index is 12.2. The Labute approximate surface area is 131 Å². The van der Waals surface area contributed by atoms with Crippen LogP contribution in [-0.2, 0) is 23.0 Å². The molecule has 0 bridgehead atoms. The molecule has 0 amide bonds. The summed E-state index contributed by atoms with van der Waals surface area (Å²) in [4.78, 5) is 0.980. The van der Waals surface area contributed by atoms with Crippen LogP contribution in [0, 0.1) is 0 Å². The molecule has 0 aliphatic carbocycles. The van der Waals surface area contributed by atoms with Gasteiger partial charge >= 0.3 is 0 Å². The molecular formula is C13H15BrN2O2S2. The van der Waals surface area contributed by atoms with Crippen molar-refractivity contribution in [1.82, 2.24) is 4.72 Å². The lowest BCUT2D eigenvalue weighted by atomic mass is 10.2. The SMILES string of the molecule is NCCc1ccc(S(=O)(=O)NCc2ccccc2Br)s1. The van der Waals surface area contributed by atoms with Crippen LogP contribution in [0.5, 0.6) is 0 Å². The maximum atomic E-state index is 12.2. The molecule has 1 aromatic heterocycles. The first-order valence-electron chi connectivity index (χ1n) is 6.05. The van der Waals surface area contributed by atoms with Gasteiger partial charge in [0.2, 0.25) is 10.0 Å². The average molecular weight is 375 g/mol. The van der Waals surface area contributed by atoms with Crippen molar-refractivity contribution in [2.75, 3.05) is 6.54 Å². The number of sulfonamides is 1. The van der Waals surface area contributed by atoms with Crippen molar-refractivity contribution in [2.24, 2.45) is 5.73 Å². The average Bonchev–Trinajstić information content (AvgIpc) is 2.88. The van der Waals surface area contributed by atoms with Gasteiger partial charge in [-0.3, -0.25) is 0 Å². The number of thiophene rings is 1. The minimum atomic E-state index is -3.47. The van der Waals surface area contributed by atoms with Crippen LogP contribution in [0.3, 0.4) is 0 Å². The van der Waals surface area contributed by atoms with Crippen molar-refractivity contribution >= 4 is 37.3 Å². The van der Waals surface area contributed by atoms with E-state index in [9.17, 15) is 8.42 Å². The molecule has 4 nitrogen and oxygen atoms in total. The van der Waals surface area contributed by atoms with Crippen LogP contribution in [0.1, 0.15) is 10.4 Å². The van der Waals surface area contributed by atoms with Gasteiger partial charge in [-0.05, 0) is 36.7 Å². The summed E-state index contributed by atoms with van der Waals surface area (Å²) in [5, 5.41) is 0. The largest absolute Gasteiger partial charge is 0.330 e. The first kappa shape index (κ1) is 15.7. The van der Waals surface area contributed by atoms with E-state index in [0.29, 0.717) is 17.2 Å². The second-order valence-electron chi connectivity index (χ2n) is 4.18. The Morgan fingerprint density at radius 1 is 1.20 bits per heavy atom. The topological polar surface area (TPSA) is 72.2 Å². The summed E-state index contributed by atoms with van der Waals surface area (Å²) in [6.45, 7) is 0.776. The monoisotopic (exact) mass is 374 g/mol. The summed E-state index contributed by atoms with van der Waals surface area (Å²) in [5.41, 5.74) is 6.36. The Bertz CT molecular complexity index is 683. The van der Waals surface area contributed by atoms with Gasteiger partial charge < -0.3 is 5.73 Å². The van der Waals surface area contributed by atoms with Crippen molar-refractivity contribution < 1.29 is 8.42 Å². The van der Waals surface area contributed by atoms with E-state index in [4.69, 9.17) is 5.73 Å². The Morgan fingerprint density at radius 3 is 2.65 bits per heavy atom. The molecule has 0 aliphatic heterocycles. The summed E-state index contributed by atoms with van der Waals surface area (Å²) >= 11 is 4.66. The molecular weight excluding hydrogens is 360 g/mol. The molecule has 0 unspecified atom stereocenters. The van der Waals surface area contributed by atoms with Gasteiger partial charge in [0.05, 0.1) is 0 Å².